The first-order valence-electron chi connectivity index (χ1n) is 12.2. The van der Waals surface area contributed by atoms with E-state index in [1.54, 1.807) is 26.0 Å². The number of aliphatic hydroxyl groups is 1. The third-order valence-electron chi connectivity index (χ3n) is 6.74. The number of rotatable bonds is 7. The van der Waals surface area contributed by atoms with E-state index in [2.05, 4.69) is 0 Å². The number of hydrogen-bond acceptors (Lipinski definition) is 6. The van der Waals surface area contributed by atoms with Crippen LogP contribution in [0, 0.1) is 11.7 Å². The summed E-state index contributed by atoms with van der Waals surface area (Å²) in [7, 11) is -6.90. The highest BCUT2D eigenvalue weighted by atomic mass is 32.2. The summed E-state index contributed by atoms with van der Waals surface area (Å²) in [5, 5.41) is 9.82. The van der Waals surface area contributed by atoms with E-state index >= 15 is 0 Å². The van der Waals surface area contributed by atoms with Crippen LogP contribution in [-0.2, 0) is 20.0 Å². The van der Waals surface area contributed by atoms with Gasteiger partial charge in [0.15, 0.2) is 0 Å². The first-order chi connectivity index (χ1) is 18.0. The molecule has 1 heterocycles. The Balaban J connectivity index is 1.78. The van der Waals surface area contributed by atoms with Crippen LogP contribution >= 0.6 is 0 Å². The fourth-order valence-corrected chi connectivity index (χ4v) is 7.50. The third-order valence-corrected chi connectivity index (χ3v) is 10.6. The molecule has 8 nitrogen and oxygen atoms in total. The Bertz CT molecular complexity index is 1500. The fourth-order valence-electron chi connectivity index (χ4n) is 4.43. The zero-order valence-electron chi connectivity index (χ0n) is 21.4. The lowest BCUT2D eigenvalue weighted by atomic mass is 10.0. The highest BCUT2D eigenvalue weighted by molar-refractivity contribution is 7.89. The summed E-state index contributed by atoms with van der Waals surface area (Å²) >= 11 is 0. The molecule has 0 bridgehead atoms. The van der Waals surface area contributed by atoms with Crippen molar-refractivity contribution < 1.29 is 31.1 Å². The molecule has 0 spiro atoms. The van der Waals surface area contributed by atoms with Crippen LogP contribution in [0.2, 0.25) is 0 Å². The summed E-state index contributed by atoms with van der Waals surface area (Å²) in [5.74, 6) is -1.27. The van der Waals surface area contributed by atoms with Gasteiger partial charge in [0.2, 0.25) is 20.0 Å². The van der Waals surface area contributed by atoms with E-state index < -0.39 is 55.4 Å². The minimum absolute atomic E-state index is 0.0117. The molecule has 0 aromatic heterocycles. The Morgan fingerprint density at radius 3 is 2.39 bits per heavy atom. The predicted octanol–water partition coefficient (Wildman–Crippen LogP) is 3.58. The molecule has 38 heavy (non-hydrogen) atoms. The van der Waals surface area contributed by atoms with Crippen molar-refractivity contribution >= 4 is 20.0 Å². The van der Waals surface area contributed by atoms with Crippen molar-refractivity contribution in [3.8, 4) is 16.9 Å². The van der Waals surface area contributed by atoms with Crippen molar-refractivity contribution in [2.75, 3.05) is 26.7 Å². The van der Waals surface area contributed by atoms with Crippen molar-refractivity contribution in [2.24, 2.45) is 5.92 Å². The molecule has 3 atom stereocenters. The number of hydrogen-bond donors (Lipinski definition) is 1. The predicted molar refractivity (Wildman–Crippen MR) is 142 cm³/mol. The molecule has 0 unspecified atom stereocenters. The van der Waals surface area contributed by atoms with E-state index in [-0.39, 0.29) is 23.7 Å². The molecule has 1 aliphatic rings. The number of halogens is 1. The molecule has 0 radical (unpaired) electrons. The third kappa shape index (κ3) is 5.48. The van der Waals surface area contributed by atoms with E-state index in [0.29, 0.717) is 0 Å². The van der Waals surface area contributed by atoms with E-state index in [9.17, 15) is 26.3 Å². The number of sulfonamides is 2. The SMILES string of the molecule is C[C@H](CO)N1C[C@H](C)[C@@H](CN(C)S(=O)(=O)c2ccccc2F)Oc2cc(-c3ccccc3)ccc2S1(=O)=O. The average molecular weight is 563 g/mol. The molecule has 3 aromatic carbocycles. The van der Waals surface area contributed by atoms with Crippen LogP contribution in [0.1, 0.15) is 13.8 Å². The highest BCUT2D eigenvalue weighted by Gasteiger charge is 2.39. The van der Waals surface area contributed by atoms with Crippen LogP contribution in [-0.4, -0.2) is 69.4 Å². The highest BCUT2D eigenvalue weighted by Crippen LogP contribution is 2.36. The summed E-state index contributed by atoms with van der Waals surface area (Å²) < 4.78 is 76.6. The number of fused-ring (bicyclic) bond motifs is 1. The largest absolute Gasteiger partial charge is 0.487 e. The van der Waals surface area contributed by atoms with Gasteiger partial charge in [0, 0.05) is 25.6 Å². The molecule has 3 aromatic rings. The van der Waals surface area contributed by atoms with Gasteiger partial charge in [-0.3, -0.25) is 0 Å². The zero-order chi connectivity index (χ0) is 27.7. The van der Waals surface area contributed by atoms with Gasteiger partial charge in [0.05, 0.1) is 13.2 Å². The standard InChI is InChI=1S/C27H31FN2O6S2/c1-19-16-30(20(2)18-31)38(34,35)27-14-13-22(21-9-5-4-6-10-21)15-24(27)36-25(19)17-29(3)37(32,33)26-12-8-7-11-23(26)28/h4-15,19-20,25,31H,16-18H2,1-3H3/t19-,20+,25+/m0/s1. The van der Waals surface area contributed by atoms with Crippen molar-refractivity contribution in [3.05, 3.63) is 78.6 Å². The van der Waals surface area contributed by atoms with Gasteiger partial charge in [-0.2, -0.15) is 8.61 Å². The molecule has 0 fully saturated rings. The molecule has 0 aliphatic carbocycles. The molecule has 0 saturated carbocycles. The average Bonchev–Trinajstić information content (AvgIpc) is 2.90. The summed E-state index contributed by atoms with van der Waals surface area (Å²) in [6.07, 6.45) is -0.782. The summed E-state index contributed by atoms with van der Waals surface area (Å²) in [4.78, 5) is -0.528. The maximum absolute atomic E-state index is 14.4. The number of ether oxygens (including phenoxy) is 1. The van der Waals surface area contributed by atoms with E-state index in [0.717, 1.165) is 21.5 Å². The Kier molecular flexibility index (Phi) is 8.24. The van der Waals surface area contributed by atoms with Gasteiger partial charge in [-0.15, -0.1) is 0 Å². The zero-order valence-corrected chi connectivity index (χ0v) is 23.0. The van der Waals surface area contributed by atoms with Crippen molar-refractivity contribution in [2.45, 2.75) is 35.8 Å². The van der Waals surface area contributed by atoms with Gasteiger partial charge in [0.1, 0.15) is 27.5 Å². The van der Waals surface area contributed by atoms with E-state index in [4.69, 9.17) is 4.74 Å². The maximum Gasteiger partial charge on any atom is 0.247 e. The maximum atomic E-state index is 14.4. The molecule has 1 aliphatic heterocycles. The minimum Gasteiger partial charge on any atom is -0.487 e. The molecule has 0 saturated heterocycles. The normalized spacial score (nSPS) is 20.7. The lowest BCUT2D eigenvalue weighted by Gasteiger charge is -2.37. The minimum atomic E-state index is -4.19. The number of nitrogens with zero attached hydrogens (tertiary/aromatic N) is 2. The van der Waals surface area contributed by atoms with Gasteiger partial charge in [-0.05, 0) is 42.3 Å². The summed E-state index contributed by atoms with van der Waals surface area (Å²) in [6, 6.07) is 18.6. The van der Waals surface area contributed by atoms with Crippen LogP contribution < -0.4 is 4.74 Å². The monoisotopic (exact) mass is 562 g/mol. The Hall–Kier alpha value is -2.83. The van der Waals surface area contributed by atoms with Gasteiger partial charge in [0.25, 0.3) is 0 Å². The van der Waals surface area contributed by atoms with Crippen LogP contribution in [0.5, 0.6) is 5.75 Å². The molecular weight excluding hydrogens is 531 g/mol. The van der Waals surface area contributed by atoms with Crippen LogP contribution in [0.3, 0.4) is 0 Å². The molecule has 204 valence electrons. The molecule has 4 rings (SSSR count). The first kappa shape index (κ1) is 28.2. The van der Waals surface area contributed by atoms with Crippen LogP contribution in [0.15, 0.2) is 82.6 Å². The van der Waals surface area contributed by atoms with Crippen molar-refractivity contribution in [1.82, 2.24) is 8.61 Å². The van der Waals surface area contributed by atoms with Gasteiger partial charge < -0.3 is 9.84 Å². The Morgan fingerprint density at radius 2 is 1.74 bits per heavy atom. The lowest BCUT2D eigenvalue weighted by molar-refractivity contribution is 0.0904. The second-order valence-electron chi connectivity index (χ2n) is 9.48. The molecule has 0 amide bonds. The van der Waals surface area contributed by atoms with Gasteiger partial charge in [-0.25, -0.2) is 21.2 Å². The summed E-state index contributed by atoms with van der Waals surface area (Å²) in [5.41, 5.74) is 1.57. The van der Waals surface area contributed by atoms with Gasteiger partial charge in [-0.1, -0.05) is 55.5 Å². The molecular formula is C27H31FN2O6S2. The van der Waals surface area contributed by atoms with Crippen molar-refractivity contribution in [3.63, 3.8) is 0 Å². The topological polar surface area (TPSA) is 104 Å². The van der Waals surface area contributed by atoms with E-state index in [1.807, 2.05) is 30.3 Å². The fraction of sp³-hybridized carbons (Fsp3) is 0.333. The number of benzene rings is 3. The quantitative estimate of drug-likeness (QED) is 0.472. The second kappa shape index (κ2) is 11.1. The molecule has 1 N–H and O–H groups in total. The number of likely N-dealkylation sites (N-methyl/N-ethyl adjacent to an activating group) is 1. The Labute approximate surface area is 223 Å². The van der Waals surface area contributed by atoms with E-state index in [1.165, 1.54) is 35.6 Å². The summed E-state index contributed by atoms with van der Waals surface area (Å²) in [6.45, 7) is 2.80. The van der Waals surface area contributed by atoms with Crippen LogP contribution in [0.4, 0.5) is 4.39 Å². The molecule has 11 heteroatoms. The first-order valence-corrected chi connectivity index (χ1v) is 15.0. The second-order valence-corrected chi connectivity index (χ2v) is 13.4. The Morgan fingerprint density at radius 1 is 1.08 bits per heavy atom. The smallest absolute Gasteiger partial charge is 0.247 e. The van der Waals surface area contributed by atoms with Gasteiger partial charge >= 0.3 is 0 Å². The lowest BCUT2D eigenvalue weighted by Crippen LogP contribution is -2.50. The van der Waals surface area contributed by atoms with Crippen LogP contribution in [0.25, 0.3) is 11.1 Å². The van der Waals surface area contributed by atoms with Crippen molar-refractivity contribution in [1.29, 1.82) is 0 Å². The number of aliphatic hydroxyl groups excluding tert-OH is 1.